The lowest BCUT2D eigenvalue weighted by Crippen LogP contribution is -2.42. The Hall–Kier alpha value is -2.96. The number of pyridine rings is 1. The van der Waals surface area contributed by atoms with Crippen LogP contribution in [0.1, 0.15) is 16.8 Å². The van der Waals surface area contributed by atoms with Gasteiger partial charge in [-0.2, -0.15) is 0 Å². The number of ether oxygens (including phenoxy) is 1. The molecule has 0 bridgehead atoms. The van der Waals surface area contributed by atoms with Crippen molar-refractivity contribution < 1.29 is 18.7 Å². The molecule has 2 N–H and O–H groups in total. The number of nitrogens with one attached hydrogen (secondary N) is 2. The van der Waals surface area contributed by atoms with Crippen LogP contribution in [-0.4, -0.2) is 23.4 Å². The average Bonchev–Trinajstić information content (AvgIpc) is 2.55. The fourth-order valence-corrected chi connectivity index (χ4v) is 1.57. The SMILES string of the molecule is O=C(CCOc1ccccc1F)NNC(=O)c1cccnc1. The van der Waals surface area contributed by atoms with E-state index < -0.39 is 17.6 Å². The number of hydrazine groups is 1. The number of halogens is 1. The van der Waals surface area contributed by atoms with Crippen molar-refractivity contribution in [2.24, 2.45) is 0 Å². The van der Waals surface area contributed by atoms with Gasteiger partial charge in [0.15, 0.2) is 11.6 Å². The van der Waals surface area contributed by atoms with Crippen molar-refractivity contribution in [1.82, 2.24) is 15.8 Å². The number of carbonyl (C=O) groups excluding carboxylic acids is 2. The third-order valence-corrected chi connectivity index (χ3v) is 2.66. The predicted octanol–water partition coefficient (Wildman–Crippen LogP) is 1.45. The number of nitrogens with zero attached hydrogens (tertiary/aromatic N) is 1. The lowest BCUT2D eigenvalue weighted by molar-refractivity contribution is -0.122. The highest BCUT2D eigenvalue weighted by Crippen LogP contribution is 2.15. The van der Waals surface area contributed by atoms with Crippen LogP contribution in [0.25, 0.3) is 0 Å². The monoisotopic (exact) mass is 303 g/mol. The third-order valence-electron chi connectivity index (χ3n) is 2.66. The smallest absolute Gasteiger partial charge is 0.271 e. The van der Waals surface area contributed by atoms with Gasteiger partial charge in [-0.15, -0.1) is 0 Å². The minimum absolute atomic E-state index is 0.00443. The molecule has 2 amide bonds. The van der Waals surface area contributed by atoms with Crippen LogP contribution >= 0.6 is 0 Å². The molecule has 7 heteroatoms. The molecule has 0 aliphatic carbocycles. The Labute approximate surface area is 126 Å². The normalized spacial score (nSPS) is 9.86. The maximum atomic E-state index is 13.3. The van der Waals surface area contributed by atoms with Crippen LogP contribution in [-0.2, 0) is 4.79 Å². The second kappa shape index (κ2) is 7.72. The topological polar surface area (TPSA) is 80.3 Å². The van der Waals surface area contributed by atoms with Crippen molar-refractivity contribution in [2.45, 2.75) is 6.42 Å². The van der Waals surface area contributed by atoms with Crippen molar-refractivity contribution >= 4 is 11.8 Å². The van der Waals surface area contributed by atoms with Gasteiger partial charge in [0, 0.05) is 12.4 Å². The number of benzene rings is 1. The summed E-state index contributed by atoms with van der Waals surface area (Å²) >= 11 is 0. The molecule has 1 aromatic heterocycles. The number of para-hydroxylation sites is 1. The molecule has 0 fully saturated rings. The molecule has 6 nitrogen and oxygen atoms in total. The van der Waals surface area contributed by atoms with Crippen LogP contribution in [0.15, 0.2) is 48.8 Å². The Morgan fingerprint density at radius 3 is 2.68 bits per heavy atom. The van der Waals surface area contributed by atoms with Gasteiger partial charge in [0.2, 0.25) is 5.91 Å². The van der Waals surface area contributed by atoms with E-state index in [2.05, 4.69) is 15.8 Å². The van der Waals surface area contributed by atoms with Crippen LogP contribution in [0.5, 0.6) is 5.75 Å². The van der Waals surface area contributed by atoms with Crippen LogP contribution in [0.2, 0.25) is 0 Å². The highest BCUT2D eigenvalue weighted by molar-refractivity contribution is 5.95. The largest absolute Gasteiger partial charge is 0.490 e. The summed E-state index contributed by atoms with van der Waals surface area (Å²) < 4.78 is 18.4. The van der Waals surface area contributed by atoms with Gasteiger partial charge in [-0.25, -0.2) is 4.39 Å². The Kier molecular flexibility index (Phi) is 5.42. The van der Waals surface area contributed by atoms with E-state index in [-0.39, 0.29) is 18.8 Å². The minimum Gasteiger partial charge on any atom is -0.490 e. The van der Waals surface area contributed by atoms with Gasteiger partial charge in [0.1, 0.15) is 0 Å². The second-order valence-electron chi connectivity index (χ2n) is 4.27. The number of aromatic nitrogens is 1. The summed E-state index contributed by atoms with van der Waals surface area (Å²) in [7, 11) is 0. The molecular formula is C15H14FN3O3. The lowest BCUT2D eigenvalue weighted by Gasteiger charge is -2.08. The van der Waals surface area contributed by atoms with Gasteiger partial charge in [-0.1, -0.05) is 12.1 Å². The maximum absolute atomic E-state index is 13.3. The first-order valence-corrected chi connectivity index (χ1v) is 6.53. The highest BCUT2D eigenvalue weighted by Gasteiger charge is 2.08. The summed E-state index contributed by atoms with van der Waals surface area (Å²) in [6.45, 7) is -0.00443. The van der Waals surface area contributed by atoms with Crippen molar-refractivity contribution in [3.8, 4) is 5.75 Å². The minimum atomic E-state index is -0.493. The molecule has 0 spiro atoms. The molecule has 2 rings (SSSR count). The standard InChI is InChI=1S/C15H14FN3O3/c16-12-5-1-2-6-13(12)22-9-7-14(20)18-19-15(21)11-4-3-8-17-10-11/h1-6,8,10H,7,9H2,(H,18,20)(H,19,21). The molecule has 22 heavy (non-hydrogen) atoms. The number of rotatable bonds is 5. The van der Waals surface area contributed by atoms with E-state index >= 15 is 0 Å². The van der Waals surface area contributed by atoms with E-state index in [0.717, 1.165) is 0 Å². The van der Waals surface area contributed by atoms with E-state index in [1.165, 1.54) is 24.5 Å². The Bertz CT molecular complexity index is 649. The van der Waals surface area contributed by atoms with E-state index in [9.17, 15) is 14.0 Å². The van der Waals surface area contributed by atoms with Gasteiger partial charge in [-0.05, 0) is 24.3 Å². The van der Waals surface area contributed by atoms with Crippen LogP contribution in [0, 0.1) is 5.82 Å². The van der Waals surface area contributed by atoms with Gasteiger partial charge in [0.25, 0.3) is 5.91 Å². The first-order valence-electron chi connectivity index (χ1n) is 6.53. The lowest BCUT2D eigenvalue weighted by atomic mass is 10.3. The zero-order valence-corrected chi connectivity index (χ0v) is 11.6. The van der Waals surface area contributed by atoms with Gasteiger partial charge < -0.3 is 4.74 Å². The molecular weight excluding hydrogens is 289 g/mol. The van der Waals surface area contributed by atoms with Crippen molar-refractivity contribution in [3.63, 3.8) is 0 Å². The molecule has 0 atom stereocenters. The highest BCUT2D eigenvalue weighted by atomic mass is 19.1. The van der Waals surface area contributed by atoms with E-state index in [1.54, 1.807) is 24.3 Å². The van der Waals surface area contributed by atoms with Gasteiger partial charge >= 0.3 is 0 Å². The summed E-state index contributed by atoms with van der Waals surface area (Å²) in [4.78, 5) is 27.0. The number of carbonyl (C=O) groups is 2. The molecule has 1 heterocycles. The van der Waals surface area contributed by atoms with Crippen molar-refractivity contribution in [2.75, 3.05) is 6.61 Å². The Morgan fingerprint density at radius 1 is 1.14 bits per heavy atom. The zero-order chi connectivity index (χ0) is 15.8. The fourth-order valence-electron chi connectivity index (χ4n) is 1.57. The zero-order valence-electron chi connectivity index (χ0n) is 11.6. The average molecular weight is 303 g/mol. The fraction of sp³-hybridized carbons (Fsp3) is 0.133. The number of amides is 2. The molecule has 0 radical (unpaired) electrons. The first-order chi connectivity index (χ1) is 10.7. The second-order valence-corrected chi connectivity index (χ2v) is 4.27. The van der Waals surface area contributed by atoms with Crippen molar-refractivity contribution in [3.05, 3.63) is 60.2 Å². The van der Waals surface area contributed by atoms with Crippen LogP contribution < -0.4 is 15.6 Å². The van der Waals surface area contributed by atoms with Crippen molar-refractivity contribution in [1.29, 1.82) is 0 Å². The summed E-state index contributed by atoms with van der Waals surface area (Å²) in [5, 5.41) is 0. The summed E-state index contributed by atoms with van der Waals surface area (Å²) in [6, 6.07) is 9.09. The number of hydrogen-bond acceptors (Lipinski definition) is 4. The van der Waals surface area contributed by atoms with Gasteiger partial charge in [-0.3, -0.25) is 25.4 Å². The molecule has 0 saturated carbocycles. The van der Waals surface area contributed by atoms with E-state index in [1.807, 2.05) is 0 Å². The van der Waals surface area contributed by atoms with E-state index in [0.29, 0.717) is 5.56 Å². The van der Waals surface area contributed by atoms with Crippen LogP contribution in [0.3, 0.4) is 0 Å². The molecule has 0 saturated heterocycles. The predicted molar refractivity (Wildman–Crippen MR) is 76.4 cm³/mol. The summed E-state index contributed by atoms with van der Waals surface area (Å²) in [5.41, 5.74) is 4.82. The van der Waals surface area contributed by atoms with E-state index in [4.69, 9.17) is 4.74 Å². The molecule has 0 aliphatic rings. The summed E-state index contributed by atoms with van der Waals surface area (Å²) in [5.74, 6) is -1.34. The molecule has 0 unspecified atom stereocenters. The summed E-state index contributed by atoms with van der Waals surface area (Å²) in [6.07, 6.45) is 2.89. The molecule has 0 aliphatic heterocycles. The molecule has 2 aromatic rings. The molecule has 114 valence electrons. The Morgan fingerprint density at radius 2 is 1.95 bits per heavy atom. The van der Waals surface area contributed by atoms with Gasteiger partial charge in [0.05, 0.1) is 18.6 Å². The quantitative estimate of drug-likeness (QED) is 0.819. The Balaban J connectivity index is 1.70. The third kappa shape index (κ3) is 4.55. The maximum Gasteiger partial charge on any atom is 0.271 e. The number of hydrogen-bond donors (Lipinski definition) is 2. The van der Waals surface area contributed by atoms with Crippen LogP contribution in [0.4, 0.5) is 4.39 Å². The molecule has 1 aromatic carbocycles. The first kappa shape index (κ1) is 15.4.